The molecule has 2 amide bonds. The van der Waals surface area contributed by atoms with Crippen LogP contribution >= 0.6 is 0 Å². The molecule has 29 heavy (non-hydrogen) atoms. The fourth-order valence-corrected chi connectivity index (χ4v) is 2.85. The second-order valence-corrected chi connectivity index (χ2v) is 6.76. The van der Waals surface area contributed by atoms with Crippen LogP contribution < -0.4 is 20.9 Å². The van der Waals surface area contributed by atoms with E-state index in [0.717, 1.165) is 24.2 Å². The van der Waals surface area contributed by atoms with Crippen molar-refractivity contribution >= 4 is 11.7 Å². The molecule has 0 radical (unpaired) electrons. The van der Waals surface area contributed by atoms with Gasteiger partial charge in [-0.1, -0.05) is 18.2 Å². The van der Waals surface area contributed by atoms with Gasteiger partial charge in [0.1, 0.15) is 11.5 Å². The van der Waals surface area contributed by atoms with Crippen LogP contribution in [0, 0.1) is 6.92 Å². The van der Waals surface area contributed by atoms with Gasteiger partial charge < -0.3 is 19.9 Å². The van der Waals surface area contributed by atoms with E-state index in [1.54, 1.807) is 35.0 Å². The van der Waals surface area contributed by atoms with Crippen LogP contribution in [-0.4, -0.2) is 17.1 Å². The molecule has 6 nitrogen and oxygen atoms in total. The van der Waals surface area contributed by atoms with Gasteiger partial charge in [-0.15, -0.1) is 0 Å². The summed E-state index contributed by atoms with van der Waals surface area (Å²) >= 11 is 0. The summed E-state index contributed by atoms with van der Waals surface area (Å²) < 4.78 is 7.47. The minimum Gasteiger partial charge on any atom is -0.457 e. The Labute approximate surface area is 170 Å². The van der Waals surface area contributed by atoms with Gasteiger partial charge in [-0.2, -0.15) is 0 Å². The average Bonchev–Trinajstić information content (AvgIpc) is 2.71. The van der Waals surface area contributed by atoms with E-state index in [9.17, 15) is 9.59 Å². The highest BCUT2D eigenvalue weighted by Gasteiger charge is 2.03. The lowest BCUT2D eigenvalue weighted by molar-refractivity contribution is 0.252. The molecule has 0 aliphatic heterocycles. The molecule has 2 aromatic carbocycles. The lowest BCUT2D eigenvalue weighted by Crippen LogP contribution is -2.29. The van der Waals surface area contributed by atoms with Gasteiger partial charge in [0, 0.05) is 31.0 Å². The number of carbonyl (C=O) groups is 1. The zero-order valence-corrected chi connectivity index (χ0v) is 16.4. The lowest BCUT2D eigenvalue weighted by atomic mass is 10.2. The number of amides is 2. The van der Waals surface area contributed by atoms with Crippen molar-refractivity contribution in [2.75, 3.05) is 11.9 Å². The van der Waals surface area contributed by atoms with Crippen LogP contribution in [-0.2, 0) is 6.54 Å². The van der Waals surface area contributed by atoms with Gasteiger partial charge in [0.25, 0.3) is 0 Å². The first-order valence-electron chi connectivity index (χ1n) is 9.65. The van der Waals surface area contributed by atoms with Crippen molar-refractivity contribution in [1.29, 1.82) is 0 Å². The minimum absolute atomic E-state index is 0.00646. The van der Waals surface area contributed by atoms with Crippen molar-refractivity contribution in [3.63, 3.8) is 0 Å². The molecule has 1 aromatic heterocycles. The van der Waals surface area contributed by atoms with Crippen LogP contribution in [0.15, 0.2) is 77.7 Å². The fourth-order valence-electron chi connectivity index (χ4n) is 2.85. The first-order valence-corrected chi connectivity index (χ1v) is 9.65. The summed E-state index contributed by atoms with van der Waals surface area (Å²) in [5.41, 5.74) is 1.82. The summed E-state index contributed by atoms with van der Waals surface area (Å²) in [5.74, 6) is 1.49. The fraction of sp³-hybridized carbons (Fsp3) is 0.217. The first-order chi connectivity index (χ1) is 14.1. The Morgan fingerprint density at radius 2 is 1.79 bits per heavy atom. The Morgan fingerprint density at radius 1 is 0.966 bits per heavy atom. The normalized spacial score (nSPS) is 10.4. The summed E-state index contributed by atoms with van der Waals surface area (Å²) in [4.78, 5) is 23.6. The third-order valence-corrected chi connectivity index (χ3v) is 4.35. The molecule has 0 unspecified atom stereocenters. The van der Waals surface area contributed by atoms with E-state index in [-0.39, 0.29) is 11.6 Å². The molecule has 0 bridgehead atoms. The number of pyridine rings is 1. The van der Waals surface area contributed by atoms with Gasteiger partial charge in [-0.3, -0.25) is 4.79 Å². The molecule has 0 spiro atoms. The Bertz CT molecular complexity index is 997. The Morgan fingerprint density at radius 3 is 2.55 bits per heavy atom. The Balaban J connectivity index is 1.38. The second kappa shape index (κ2) is 10.1. The maximum atomic E-state index is 12.0. The monoisotopic (exact) mass is 391 g/mol. The zero-order valence-electron chi connectivity index (χ0n) is 16.4. The molecular formula is C23H25N3O3. The number of aryl methyl sites for hydroxylation is 2. The minimum atomic E-state index is -0.255. The number of ether oxygens (including phenoxy) is 1. The van der Waals surface area contributed by atoms with E-state index in [2.05, 4.69) is 10.6 Å². The van der Waals surface area contributed by atoms with Crippen molar-refractivity contribution in [2.45, 2.75) is 26.3 Å². The SMILES string of the molecule is Cc1cccc(Oc2ccc(NC(=O)NCCCCn3ccccc3=O)cc2)c1. The maximum Gasteiger partial charge on any atom is 0.319 e. The highest BCUT2D eigenvalue weighted by molar-refractivity contribution is 5.89. The summed E-state index contributed by atoms with van der Waals surface area (Å²) in [6, 6.07) is 19.9. The molecule has 0 saturated heterocycles. The molecule has 3 aromatic rings. The van der Waals surface area contributed by atoms with E-state index < -0.39 is 0 Å². The van der Waals surface area contributed by atoms with Crippen LogP contribution in [0.5, 0.6) is 11.5 Å². The number of hydrogen-bond donors (Lipinski definition) is 2. The number of unbranched alkanes of at least 4 members (excludes halogenated alkanes) is 1. The maximum absolute atomic E-state index is 12.0. The molecule has 1 heterocycles. The van der Waals surface area contributed by atoms with E-state index in [1.165, 1.54) is 0 Å². The number of anilines is 1. The van der Waals surface area contributed by atoms with Crippen molar-refractivity contribution in [3.8, 4) is 11.5 Å². The predicted molar refractivity (Wildman–Crippen MR) is 115 cm³/mol. The summed E-state index contributed by atoms with van der Waals surface area (Å²) in [5, 5.41) is 5.62. The van der Waals surface area contributed by atoms with Gasteiger partial charge in [0.2, 0.25) is 5.56 Å². The van der Waals surface area contributed by atoms with E-state index in [4.69, 9.17) is 4.74 Å². The van der Waals surface area contributed by atoms with Gasteiger partial charge in [-0.25, -0.2) is 4.79 Å². The zero-order chi connectivity index (χ0) is 20.5. The number of nitrogens with one attached hydrogen (secondary N) is 2. The number of nitrogens with zero attached hydrogens (tertiary/aromatic N) is 1. The predicted octanol–water partition coefficient (Wildman–Crippen LogP) is 4.55. The molecule has 6 heteroatoms. The largest absolute Gasteiger partial charge is 0.457 e. The van der Waals surface area contributed by atoms with Gasteiger partial charge in [0.05, 0.1) is 0 Å². The van der Waals surface area contributed by atoms with Crippen LogP contribution in [0.2, 0.25) is 0 Å². The van der Waals surface area contributed by atoms with Crippen LogP contribution in [0.1, 0.15) is 18.4 Å². The van der Waals surface area contributed by atoms with Crippen LogP contribution in [0.3, 0.4) is 0 Å². The molecular weight excluding hydrogens is 366 g/mol. The van der Waals surface area contributed by atoms with Gasteiger partial charge in [0.15, 0.2) is 0 Å². The first kappa shape index (κ1) is 20.2. The Hall–Kier alpha value is -3.54. The van der Waals surface area contributed by atoms with Gasteiger partial charge in [-0.05, 0) is 67.8 Å². The van der Waals surface area contributed by atoms with Crippen molar-refractivity contribution in [1.82, 2.24) is 9.88 Å². The van der Waals surface area contributed by atoms with E-state index >= 15 is 0 Å². The lowest BCUT2D eigenvalue weighted by Gasteiger charge is -2.10. The average molecular weight is 391 g/mol. The van der Waals surface area contributed by atoms with Gasteiger partial charge >= 0.3 is 6.03 Å². The molecule has 0 fully saturated rings. The number of carbonyl (C=O) groups excluding carboxylic acids is 1. The molecule has 2 N–H and O–H groups in total. The quantitative estimate of drug-likeness (QED) is 0.553. The van der Waals surface area contributed by atoms with Crippen LogP contribution in [0.4, 0.5) is 10.5 Å². The molecule has 0 saturated carbocycles. The number of urea groups is 1. The van der Waals surface area contributed by atoms with Crippen molar-refractivity contribution in [2.24, 2.45) is 0 Å². The third kappa shape index (κ3) is 6.53. The number of hydrogen-bond acceptors (Lipinski definition) is 3. The molecule has 0 aliphatic rings. The smallest absolute Gasteiger partial charge is 0.319 e. The van der Waals surface area contributed by atoms with Crippen LogP contribution in [0.25, 0.3) is 0 Å². The highest BCUT2D eigenvalue weighted by Crippen LogP contribution is 2.23. The van der Waals surface area contributed by atoms with Crippen molar-refractivity contribution in [3.05, 3.63) is 88.8 Å². The third-order valence-electron chi connectivity index (χ3n) is 4.35. The summed E-state index contributed by atoms with van der Waals surface area (Å²) in [6.45, 7) is 3.20. The van der Waals surface area contributed by atoms with E-state index in [0.29, 0.717) is 24.5 Å². The second-order valence-electron chi connectivity index (χ2n) is 6.76. The number of rotatable bonds is 8. The topological polar surface area (TPSA) is 72.4 Å². The van der Waals surface area contributed by atoms with E-state index in [1.807, 2.05) is 49.4 Å². The molecule has 150 valence electrons. The standard InChI is InChI=1S/C23H25N3O3/c1-18-7-6-8-21(17-18)29-20-12-10-19(11-13-20)25-23(28)24-14-3-5-16-26-15-4-2-9-22(26)27/h2,4,6-13,15,17H,3,5,14,16H2,1H3,(H2,24,25,28). The van der Waals surface area contributed by atoms with Crippen molar-refractivity contribution < 1.29 is 9.53 Å². The number of benzene rings is 2. The summed E-state index contributed by atoms with van der Waals surface area (Å²) in [6.07, 6.45) is 3.38. The highest BCUT2D eigenvalue weighted by atomic mass is 16.5. The molecule has 0 atom stereocenters. The Kier molecular flexibility index (Phi) is 7.05. The molecule has 0 aliphatic carbocycles. The molecule has 3 rings (SSSR count). The number of aromatic nitrogens is 1. The summed E-state index contributed by atoms with van der Waals surface area (Å²) in [7, 11) is 0.